The number of benzene rings is 1. The molecule has 5 saturated carbocycles. The number of carbonyl (C=O) groups excluding carboxylic acids is 1. The number of hydrogen-bond donors (Lipinski definition) is 3. The molecule has 10 atom stereocenters. The lowest BCUT2D eigenvalue weighted by Gasteiger charge is -2.73. The number of allylic oxidation sites excluding steroid dienone is 1. The Bertz CT molecular complexity index is 1390. The molecule has 5 aliphatic carbocycles. The molecule has 0 aromatic heterocycles. The maximum atomic E-state index is 13.4. The van der Waals surface area contributed by atoms with Crippen molar-refractivity contribution >= 4 is 12.0 Å². The van der Waals surface area contributed by atoms with Gasteiger partial charge in [0.1, 0.15) is 0 Å². The van der Waals surface area contributed by atoms with Crippen molar-refractivity contribution in [2.24, 2.45) is 51.2 Å². The maximum Gasteiger partial charge on any atom is 0.335 e. The van der Waals surface area contributed by atoms with E-state index in [-0.39, 0.29) is 33.2 Å². The molecule has 0 unspecified atom stereocenters. The van der Waals surface area contributed by atoms with Crippen LogP contribution in [0.25, 0.3) is 0 Å². The normalized spacial score (nSPS) is 42.0. The second-order valence-electron chi connectivity index (χ2n) is 18.4. The van der Waals surface area contributed by atoms with E-state index in [9.17, 15) is 14.7 Å². The number of likely N-dealkylation sites (N-methyl/N-ethyl adjacent to an activating group) is 1. The molecule has 3 N–H and O–H groups in total. The molecule has 260 valence electrons. The number of hydrogen-bond acceptors (Lipinski definition) is 3. The summed E-state index contributed by atoms with van der Waals surface area (Å²) in [5.74, 6) is 2.41. The van der Waals surface area contributed by atoms with Gasteiger partial charge in [-0.1, -0.05) is 58.9 Å². The van der Waals surface area contributed by atoms with E-state index < -0.39 is 5.97 Å². The van der Waals surface area contributed by atoms with Gasteiger partial charge < -0.3 is 20.6 Å². The van der Waals surface area contributed by atoms with E-state index in [1.165, 1.54) is 49.7 Å². The topological polar surface area (TPSA) is 81.7 Å². The van der Waals surface area contributed by atoms with Crippen LogP contribution in [0.2, 0.25) is 0 Å². The molecule has 0 bridgehead atoms. The highest BCUT2D eigenvalue weighted by Crippen LogP contribution is 2.77. The van der Waals surface area contributed by atoms with Gasteiger partial charge in [0.05, 0.1) is 5.56 Å². The molecule has 2 amide bonds. The number of fused-ring (bicyclic) bond motifs is 7. The molecule has 1 aromatic carbocycles. The largest absolute Gasteiger partial charge is 0.478 e. The maximum absolute atomic E-state index is 13.4. The van der Waals surface area contributed by atoms with Crippen LogP contribution in [0, 0.1) is 51.2 Å². The van der Waals surface area contributed by atoms with E-state index in [1.807, 2.05) is 14.1 Å². The Morgan fingerprint density at radius 1 is 0.872 bits per heavy atom. The molecule has 0 radical (unpaired) electrons. The summed E-state index contributed by atoms with van der Waals surface area (Å²) in [4.78, 5) is 27.0. The number of aromatic carboxylic acids is 1. The Hall–Kier alpha value is -2.34. The molecular formula is C41H63N3O3. The molecule has 47 heavy (non-hydrogen) atoms. The van der Waals surface area contributed by atoms with Crippen molar-refractivity contribution in [1.29, 1.82) is 0 Å². The van der Waals surface area contributed by atoms with Gasteiger partial charge in [-0.05, 0) is 160 Å². The van der Waals surface area contributed by atoms with Gasteiger partial charge in [0.2, 0.25) is 0 Å². The number of amides is 2. The first-order valence-electron chi connectivity index (χ1n) is 18.7. The zero-order valence-corrected chi connectivity index (χ0v) is 30.7. The molecule has 1 aromatic rings. The molecule has 5 aliphatic rings. The Morgan fingerprint density at radius 2 is 1.57 bits per heavy atom. The average Bonchev–Trinajstić information content (AvgIpc) is 3.36. The number of nitrogens with one attached hydrogen (secondary N) is 2. The summed E-state index contributed by atoms with van der Waals surface area (Å²) in [5.41, 5.74) is 3.75. The van der Waals surface area contributed by atoms with Crippen LogP contribution in [0.15, 0.2) is 36.4 Å². The molecule has 0 aliphatic heterocycles. The van der Waals surface area contributed by atoms with Crippen LogP contribution in [0.4, 0.5) is 4.79 Å². The molecular weight excluding hydrogens is 582 g/mol. The molecule has 5 fully saturated rings. The number of carboxylic acids is 1. The monoisotopic (exact) mass is 645 g/mol. The minimum Gasteiger partial charge on any atom is -0.478 e. The first-order chi connectivity index (χ1) is 22.0. The summed E-state index contributed by atoms with van der Waals surface area (Å²) >= 11 is 0. The molecule has 0 saturated heterocycles. The minimum absolute atomic E-state index is 0.00678. The fourth-order valence-electron chi connectivity index (χ4n) is 13.5. The van der Waals surface area contributed by atoms with Crippen molar-refractivity contribution in [1.82, 2.24) is 15.5 Å². The fraction of sp³-hybridized carbons (Fsp3) is 0.756. The predicted octanol–water partition coefficient (Wildman–Crippen LogP) is 8.74. The average molecular weight is 646 g/mol. The van der Waals surface area contributed by atoms with Crippen molar-refractivity contribution < 1.29 is 14.7 Å². The highest BCUT2D eigenvalue weighted by Gasteiger charge is 2.71. The van der Waals surface area contributed by atoms with Crippen molar-refractivity contribution in [2.45, 2.75) is 117 Å². The van der Waals surface area contributed by atoms with Gasteiger partial charge in [0.25, 0.3) is 0 Å². The Morgan fingerprint density at radius 3 is 2.21 bits per heavy atom. The highest BCUT2D eigenvalue weighted by molar-refractivity contribution is 5.87. The van der Waals surface area contributed by atoms with Crippen LogP contribution >= 0.6 is 0 Å². The summed E-state index contributed by atoms with van der Waals surface area (Å²) < 4.78 is 0. The van der Waals surface area contributed by atoms with Crippen LogP contribution in [0.1, 0.15) is 128 Å². The van der Waals surface area contributed by atoms with E-state index in [0.29, 0.717) is 47.6 Å². The van der Waals surface area contributed by atoms with E-state index in [0.717, 1.165) is 32.2 Å². The van der Waals surface area contributed by atoms with Crippen LogP contribution in [-0.2, 0) is 0 Å². The smallest absolute Gasteiger partial charge is 0.335 e. The molecule has 6 rings (SSSR count). The second kappa shape index (κ2) is 11.9. The van der Waals surface area contributed by atoms with Gasteiger partial charge in [0.15, 0.2) is 0 Å². The summed E-state index contributed by atoms with van der Waals surface area (Å²) in [5, 5.41) is 16.3. The summed E-state index contributed by atoms with van der Waals surface area (Å²) in [7, 11) is 4.09. The number of urea groups is 1. The summed E-state index contributed by atoms with van der Waals surface area (Å²) in [6.07, 6.45) is 11.9. The highest BCUT2D eigenvalue weighted by atomic mass is 16.4. The molecule has 6 heteroatoms. The van der Waals surface area contributed by atoms with Gasteiger partial charge in [-0.2, -0.15) is 0 Å². The number of carboxylic acid groups (broad SMARTS) is 1. The zero-order chi connectivity index (χ0) is 34.2. The van der Waals surface area contributed by atoms with Crippen molar-refractivity contribution in [2.75, 3.05) is 27.2 Å². The fourth-order valence-corrected chi connectivity index (χ4v) is 13.5. The Balaban J connectivity index is 1.28. The van der Waals surface area contributed by atoms with Crippen LogP contribution in [0.3, 0.4) is 0 Å². The van der Waals surface area contributed by atoms with Gasteiger partial charge in [-0.15, -0.1) is 0 Å². The van der Waals surface area contributed by atoms with Crippen LogP contribution < -0.4 is 10.6 Å². The third-order valence-corrected chi connectivity index (χ3v) is 15.9. The minimum atomic E-state index is -0.853. The van der Waals surface area contributed by atoms with Gasteiger partial charge >= 0.3 is 12.0 Å². The molecule has 0 heterocycles. The van der Waals surface area contributed by atoms with E-state index in [1.54, 1.807) is 12.1 Å². The Kier molecular flexibility index (Phi) is 8.75. The number of carbonyl (C=O) groups is 2. The van der Waals surface area contributed by atoms with Gasteiger partial charge in [-0.3, -0.25) is 0 Å². The van der Waals surface area contributed by atoms with Gasteiger partial charge in [0, 0.05) is 18.6 Å². The number of nitrogens with zero attached hydrogens (tertiary/aromatic N) is 1. The quantitative estimate of drug-likeness (QED) is 0.259. The van der Waals surface area contributed by atoms with Crippen molar-refractivity contribution in [3.63, 3.8) is 0 Å². The van der Waals surface area contributed by atoms with Gasteiger partial charge in [-0.25, -0.2) is 9.59 Å². The van der Waals surface area contributed by atoms with E-state index in [4.69, 9.17) is 0 Å². The second-order valence-corrected chi connectivity index (χ2v) is 18.4. The predicted molar refractivity (Wildman–Crippen MR) is 190 cm³/mol. The lowest BCUT2D eigenvalue weighted by molar-refractivity contribution is -0.233. The number of rotatable bonds is 7. The summed E-state index contributed by atoms with van der Waals surface area (Å²) in [6.45, 7) is 21.3. The zero-order valence-electron chi connectivity index (χ0n) is 30.7. The first kappa shape index (κ1) is 34.5. The first-order valence-corrected chi connectivity index (χ1v) is 18.7. The van der Waals surface area contributed by atoms with Crippen LogP contribution in [0.5, 0.6) is 0 Å². The Labute approximate surface area is 284 Å². The molecule has 6 nitrogen and oxygen atoms in total. The lowest BCUT2D eigenvalue weighted by atomic mass is 9.32. The lowest BCUT2D eigenvalue weighted by Crippen LogP contribution is -2.69. The molecule has 0 spiro atoms. The van der Waals surface area contributed by atoms with Crippen molar-refractivity contribution in [3.05, 3.63) is 47.5 Å². The standard InChI is InChI=1S/C41H63N3O3/c1-26(2)29-16-21-41(43-36(47)42-24-25-44(8)9)23-22-39(6)31(34(29)41)14-15-33-38(5)19-17-30(27-10-12-28(13-11-27)35(45)46)37(3,4)32(38)18-20-40(33,39)7/h10-13,29-34H,1,14-25H2,2-9H3,(H,45,46)(H2,42,43,47)/t29-,30+,31+,32-,33+,34+,38-,39+,40+,41-/m0/s1. The van der Waals surface area contributed by atoms with E-state index in [2.05, 4.69) is 75.8 Å². The van der Waals surface area contributed by atoms with Crippen molar-refractivity contribution in [3.8, 4) is 0 Å². The van der Waals surface area contributed by atoms with E-state index >= 15 is 0 Å². The SMILES string of the molecule is C=C(C)[C@@H]1CC[C@]2(NC(=O)NCCN(C)C)CC[C@]3(C)[C@H](CC[C@@H]4[C@@]5(C)CC[C@H](c6ccc(C(=O)O)cc6)C(C)(C)[C@@H]5CC[C@]43C)[C@@H]12. The third kappa shape index (κ3) is 5.29. The van der Waals surface area contributed by atoms with Crippen LogP contribution in [-0.4, -0.2) is 54.7 Å². The third-order valence-electron chi connectivity index (χ3n) is 15.9. The summed E-state index contributed by atoms with van der Waals surface area (Å²) in [6, 6.07) is 7.78.